The van der Waals surface area contributed by atoms with E-state index in [1.165, 1.54) is 7.11 Å². The molecule has 3 heterocycles. The predicted molar refractivity (Wildman–Crippen MR) is 143 cm³/mol. The Bertz CT molecular complexity index is 1490. The van der Waals surface area contributed by atoms with Crippen LogP contribution in [0, 0.1) is 0 Å². The number of imidazole rings is 1. The highest BCUT2D eigenvalue weighted by molar-refractivity contribution is 6.06. The van der Waals surface area contributed by atoms with Crippen LogP contribution in [0.2, 0.25) is 0 Å². The van der Waals surface area contributed by atoms with Gasteiger partial charge in [-0.1, -0.05) is 60.7 Å². The van der Waals surface area contributed by atoms with Gasteiger partial charge in [0, 0.05) is 13.7 Å². The molecule has 0 aliphatic carbocycles. The molecule has 0 saturated carbocycles. The Balaban J connectivity index is 1.57. The molecule has 194 valence electrons. The third-order valence-corrected chi connectivity index (χ3v) is 6.30. The maximum atomic E-state index is 13.3. The molecule has 5 rings (SSSR count). The van der Waals surface area contributed by atoms with Crippen molar-refractivity contribution in [3.8, 4) is 5.88 Å². The van der Waals surface area contributed by atoms with Crippen LogP contribution in [0.1, 0.15) is 40.2 Å². The zero-order valence-corrected chi connectivity index (χ0v) is 21.5. The van der Waals surface area contributed by atoms with E-state index in [9.17, 15) is 4.79 Å². The molecule has 2 aromatic carbocycles. The molecule has 3 aromatic heterocycles. The molecule has 0 radical (unpaired) electrons. The Hall–Kier alpha value is -4.57. The topological polar surface area (TPSA) is 109 Å². The van der Waals surface area contributed by atoms with Gasteiger partial charge in [0.2, 0.25) is 11.8 Å². The van der Waals surface area contributed by atoms with Crippen LogP contribution in [0.3, 0.4) is 0 Å². The number of amides is 1. The standard InChI is InChI=1S/C28H29N7O3/c1-4-35-22-17-21(26(36)32-28-29-18-34(33-28)15-16-37-2)27(38-3)31-24(22)30-25(35)23(19-11-7-5-8-12-19)20-13-9-6-10-14-20/h5-14,17-18,23H,4,15-16H2,1-3H3,(H,32,33,36). The maximum Gasteiger partial charge on any atom is 0.263 e. The fourth-order valence-electron chi connectivity index (χ4n) is 4.52. The normalized spacial score (nSPS) is 11.3. The maximum absolute atomic E-state index is 13.3. The van der Waals surface area contributed by atoms with Crippen LogP contribution in [0.15, 0.2) is 73.1 Å². The van der Waals surface area contributed by atoms with Gasteiger partial charge in [-0.2, -0.15) is 4.98 Å². The fraction of sp³-hybridized carbons (Fsp3) is 0.250. The summed E-state index contributed by atoms with van der Waals surface area (Å²) in [6.07, 6.45) is 1.54. The smallest absolute Gasteiger partial charge is 0.263 e. The lowest BCUT2D eigenvalue weighted by atomic mass is 9.90. The Morgan fingerprint density at radius 3 is 2.29 bits per heavy atom. The second-order valence-corrected chi connectivity index (χ2v) is 8.63. The van der Waals surface area contributed by atoms with Crippen molar-refractivity contribution in [3.05, 3.63) is 95.6 Å². The molecule has 10 heteroatoms. The minimum Gasteiger partial charge on any atom is -0.480 e. The van der Waals surface area contributed by atoms with Crippen molar-refractivity contribution < 1.29 is 14.3 Å². The highest BCUT2D eigenvalue weighted by Gasteiger charge is 2.26. The molecule has 0 saturated heterocycles. The number of carbonyl (C=O) groups excluding carboxylic acids is 1. The molecule has 1 amide bonds. The summed E-state index contributed by atoms with van der Waals surface area (Å²) in [5.74, 6) is 0.665. The fourth-order valence-corrected chi connectivity index (χ4v) is 4.52. The first-order valence-electron chi connectivity index (χ1n) is 12.4. The summed E-state index contributed by atoms with van der Waals surface area (Å²) in [7, 11) is 3.10. The Labute approximate surface area is 220 Å². The Morgan fingerprint density at radius 2 is 1.68 bits per heavy atom. The summed E-state index contributed by atoms with van der Waals surface area (Å²) in [5.41, 5.74) is 3.75. The lowest BCUT2D eigenvalue weighted by molar-refractivity contribution is 0.102. The van der Waals surface area contributed by atoms with Gasteiger partial charge in [-0.15, -0.1) is 5.10 Å². The number of fused-ring (bicyclic) bond motifs is 1. The molecule has 0 unspecified atom stereocenters. The monoisotopic (exact) mass is 511 g/mol. The molecule has 0 aliphatic rings. The lowest BCUT2D eigenvalue weighted by Crippen LogP contribution is -2.16. The number of pyridine rings is 1. The predicted octanol–water partition coefficient (Wildman–Crippen LogP) is 4.13. The number of nitrogens with one attached hydrogen (secondary N) is 1. The van der Waals surface area contributed by atoms with Gasteiger partial charge in [0.25, 0.3) is 5.91 Å². The summed E-state index contributed by atoms with van der Waals surface area (Å²) in [4.78, 5) is 27.0. The average molecular weight is 512 g/mol. The number of anilines is 1. The van der Waals surface area contributed by atoms with Gasteiger partial charge in [0.05, 0.1) is 31.7 Å². The summed E-state index contributed by atoms with van der Waals surface area (Å²) in [5, 5.41) is 7.01. The summed E-state index contributed by atoms with van der Waals surface area (Å²) in [6.45, 7) is 3.71. The first-order valence-corrected chi connectivity index (χ1v) is 12.4. The van der Waals surface area contributed by atoms with E-state index < -0.39 is 5.91 Å². The Kier molecular flexibility index (Phi) is 7.41. The average Bonchev–Trinajstić information content (AvgIpc) is 3.55. The van der Waals surface area contributed by atoms with Gasteiger partial charge < -0.3 is 14.0 Å². The minimum atomic E-state index is -0.422. The van der Waals surface area contributed by atoms with Crippen LogP contribution >= 0.6 is 0 Å². The number of ether oxygens (including phenoxy) is 2. The molecule has 5 aromatic rings. The van der Waals surface area contributed by atoms with Crippen LogP contribution in [-0.2, 0) is 17.8 Å². The number of benzene rings is 2. The third-order valence-electron chi connectivity index (χ3n) is 6.30. The summed E-state index contributed by atoms with van der Waals surface area (Å²) >= 11 is 0. The van der Waals surface area contributed by atoms with Crippen LogP contribution in [0.5, 0.6) is 5.88 Å². The van der Waals surface area contributed by atoms with Crippen molar-refractivity contribution in [2.45, 2.75) is 25.9 Å². The van der Waals surface area contributed by atoms with Gasteiger partial charge in [-0.3, -0.25) is 10.1 Å². The van der Waals surface area contributed by atoms with Crippen LogP contribution in [0.4, 0.5) is 5.95 Å². The molecule has 0 aliphatic heterocycles. The van der Waals surface area contributed by atoms with Gasteiger partial charge >= 0.3 is 0 Å². The number of aromatic nitrogens is 6. The first-order chi connectivity index (χ1) is 18.6. The van der Waals surface area contributed by atoms with E-state index in [2.05, 4.69) is 56.1 Å². The molecular formula is C28H29N7O3. The van der Waals surface area contributed by atoms with Crippen LogP contribution < -0.4 is 10.1 Å². The van der Waals surface area contributed by atoms with E-state index in [1.807, 2.05) is 36.4 Å². The van der Waals surface area contributed by atoms with Crippen molar-refractivity contribution in [2.75, 3.05) is 26.1 Å². The highest BCUT2D eigenvalue weighted by atomic mass is 16.5. The second-order valence-electron chi connectivity index (χ2n) is 8.63. The molecule has 1 N–H and O–H groups in total. The van der Waals surface area contributed by atoms with Gasteiger partial charge in [0.15, 0.2) is 5.65 Å². The number of hydrogen-bond donors (Lipinski definition) is 1. The van der Waals surface area contributed by atoms with Crippen molar-refractivity contribution in [1.82, 2.24) is 29.3 Å². The lowest BCUT2D eigenvalue weighted by Gasteiger charge is -2.19. The summed E-state index contributed by atoms with van der Waals surface area (Å²) in [6, 6.07) is 22.3. The first kappa shape index (κ1) is 25.1. The van der Waals surface area contributed by atoms with Crippen LogP contribution in [0.25, 0.3) is 11.2 Å². The summed E-state index contributed by atoms with van der Waals surface area (Å²) < 4.78 is 14.3. The zero-order valence-electron chi connectivity index (χ0n) is 21.5. The van der Waals surface area contributed by atoms with E-state index in [1.54, 1.807) is 24.2 Å². The highest BCUT2D eigenvalue weighted by Crippen LogP contribution is 2.34. The minimum absolute atomic E-state index is 0.116. The van der Waals surface area contributed by atoms with E-state index >= 15 is 0 Å². The van der Waals surface area contributed by atoms with Crippen molar-refractivity contribution in [2.24, 2.45) is 0 Å². The van der Waals surface area contributed by atoms with Crippen molar-refractivity contribution in [1.29, 1.82) is 0 Å². The van der Waals surface area contributed by atoms with Gasteiger partial charge in [-0.05, 0) is 24.1 Å². The molecule has 0 atom stereocenters. The molecule has 10 nitrogen and oxygen atoms in total. The molecular weight excluding hydrogens is 482 g/mol. The van der Waals surface area contributed by atoms with E-state index in [0.29, 0.717) is 25.3 Å². The SMILES string of the molecule is CCn1c(C(c2ccccc2)c2ccccc2)nc2nc(OC)c(C(=O)Nc3ncn(CCOC)n3)cc21. The second kappa shape index (κ2) is 11.2. The van der Waals surface area contributed by atoms with E-state index in [0.717, 1.165) is 22.5 Å². The zero-order chi connectivity index (χ0) is 26.5. The largest absolute Gasteiger partial charge is 0.480 e. The quantitative estimate of drug-likeness (QED) is 0.300. The number of carbonyl (C=O) groups is 1. The van der Waals surface area contributed by atoms with E-state index in [4.69, 9.17) is 14.5 Å². The molecule has 38 heavy (non-hydrogen) atoms. The number of hydrogen-bond acceptors (Lipinski definition) is 7. The van der Waals surface area contributed by atoms with Gasteiger partial charge in [0.1, 0.15) is 17.7 Å². The molecule has 0 spiro atoms. The number of nitrogens with zero attached hydrogens (tertiary/aromatic N) is 6. The third kappa shape index (κ3) is 4.98. The Morgan fingerprint density at radius 1 is 1.00 bits per heavy atom. The molecule has 0 fully saturated rings. The van der Waals surface area contributed by atoms with Gasteiger partial charge in [-0.25, -0.2) is 14.6 Å². The van der Waals surface area contributed by atoms with Crippen LogP contribution in [-0.4, -0.2) is 56.0 Å². The van der Waals surface area contributed by atoms with Crippen molar-refractivity contribution >= 4 is 23.0 Å². The number of methoxy groups -OCH3 is 2. The van der Waals surface area contributed by atoms with Crippen molar-refractivity contribution in [3.63, 3.8) is 0 Å². The number of aryl methyl sites for hydroxylation is 1. The molecule has 0 bridgehead atoms. The van der Waals surface area contributed by atoms with E-state index in [-0.39, 0.29) is 23.3 Å². The number of rotatable bonds is 10.